The fourth-order valence-corrected chi connectivity index (χ4v) is 3.28. The van der Waals surface area contributed by atoms with Crippen molar-refractivity contribution >= 4 is 29.3 Å². The van der Waals surface area contributed by atoms with Crippen LogP contribution in [0.5, 0.6) is 0 Å². The van der Waals surface area contributed by atoms with Crippen LogP contribution in [-0.2, 0) is 9.59 Å². The fraction of sp³-hybridized carbons (Fsp3) is 0.438. The van der Waals surface area contributed by atoms with Gasteiger partial charge in [-0.05, 0) is 18.2 Å². The van der Waals surface area contributed by atoms with Crippen LogP contribution in [0.2, 0.25) is 5.02 Å². The molecule has 1 aromatic carbocycles. The lowest BCUT2D eigenvalue weighted by atomic mass is 10.0. The normalized spacial score (nSPS) is 21.3. The van der Waals surface area contributed by atoms with Crippen molar-refractivity contribution in [3.8, 4) is 0 Å². The number of nitrogens with one attached hydrogen (secondary N) is 1. The van der Waals surface area contributed by atoms with E-state index in [9.17, 15) is 14.4 Å². The van der Waals surface area contributed by atoms with Crippen LogP contribution in [0, 0.1) is 5.92 Å². The standard InChI is InChI=1S/C16H18ClN3O3/c1-18-15(22)11-6-14(21)20(7-11)13-8-19(9-13)16(23)10-3-2-4-12(17)5-10/h2-5,11,13H,6-9H2,1H3,(H,18,22). The first kappa shape index (κ1) is 15.8. The lowest BCUT2D eigenvalue weighted by molar-refractivity contribution is -0.132. The number of carbonyl (C=O) groups is 3. The topological polar surface area (TPSA) is 69.7 Å². The van der Waals surface area contributed by atoms with E-state index in [0.29, 0.717) is 30.2 Å². The first-order valence-electron chi connectivity index (χ1n) is 7.55. The molecule has 2 heterocycles. The Hall–Kier alpha value is -2.08. The Bertz CT molecular complexity index is 658. The van der Waals surface area contributed by atoms with Gasteiger partial charge in [-0.25, -0.2) is 0 Å². The molecule has 2 fully saturated rings. The molecule has 1 atom stereocenters. The van der Waals surface area contributed by atoms with Crippen molar-refractivity contribution in [1.29, 1.82) is 0 Å². The van der Waals surface area contributed by atoms with Crippen molar-refractivity contribution in [1.82, 2.24) is 15.1 Å². The molecule has 23 heavy (non-hydrogen) atoms. The average molecular weight is 336 g/mol. The predicted molar refractivity (Wildman–Crippen MR) is 85.0 cm³/mol. The molecule has 1 N–H and O–H groups in total. The van der Waals surface area contributed by atoms with Gasteiger partial charge in [0.1, 0.15) is 0 Å². The maximum Gasteiger partial charge on any atom is 0.254 e. The van der Waals surface area contributed by atoms with Crippen molar-refractivity contribution in [2.45, 2.75) is 12.5 Å². The van der Waals surface area contributed by atoms with Crippen molar-refractivity contribution in [2.75, 3.05) is 26.7 Å². The first-order chi connectivity index (χ1) is 11.0. The van der Waals surface area contributed by atoms with Gasteiger partial charge < -0.3 is 15.1 Å². The fourth-order valence-electron chi connectivity index (χ4n) is 3.09. The molecule has 0 saturated carbocycles. The molecule has 1 unspecified atom stereocenters. The predicted octanol–water partition coefficient (Wildman–Crippen LogP) is 0.759. The van der Waals surface area contributed by atoms with Gasteiger partial charge in [0, 0.05) is 43.7 Å². The first-order valence-corrected chi connectivity index (χ1v) is 7.93. The van der Waals surface area contributed by atoms with Gasteiger partial charge in [0.15, 0.2) is 0 Å². The van der Waals surface area contributed by atoms with Crippen molar-refractivity contribution < 1.29 is 14.4 Å². The molecule has 1 aromatic rings. The van der Waals surface area contributed by atoms with Gasteiger partial charge in [0.05, 0.1) is 12.0 Å². The molecule has 2 saturated heterocycles. The van der Waals surface area contributed by atoms with Crippen LogP contribution < -0.4 is 5.32 Å². The lowest BCUT2D eigenvalue weighted by Crippen LogP contribution is -2.61. The number of halogens is 1. The van der Waals surface area contributed by atoms with Crippen molar-refractivity contribution in [2.24, 2.45) is 5.92 Å². The minimum atomic E-state index is -0.287. The molecule has 0 aromatic heterocycles. The summed E-state index contributed by atoms with van der Waals surface area (Å²) < 4.78 is 0. The van der Waals surface area contributed by atoms with E-state index in [1.807, 2.05) is 0 Å². The Kier molecular flexibility index (Phi) is 4.26. The monoisotopic (exact) mass is 335 g/mol. The summed E-state index contributed by atoms with van der Waals surface area (Å²) in [6.07, 6.45) is 0.248. The number of rotatable bonds is 3. The summed E-state index contributed by atoms with van der Waals surface area (Å²) in [4.78, 5) is 39.5. The molecule has 0 bridgehead atoms. The van der Waals surface area contributed by atoms with Crippen LogP contribution in [0.25, 0.3) is 0 Å². The molecule has 3 rings (SSSR count). The van der Waals surface area contributed by atoms with Gasteiger partial charge in [-0.2, -0.15) is 0 Å². The summed E-state index contributed by atoms with van der Waals surface area (Å²) in [7, 11) is 1.57. The number of nitrogens with zero attached hydrogens (tertiary/aromatic N) is 2. The van der Waals surface area contributed by atoms with Gasteiger partial charge >= 0.3 is 0 Å². The molecule has 0 aliphatic carbocycles. The van der Waals surface area contributed by atoms with E-state index in [-0.39, 0.29) is 36.1 Å². The van der Waals surface area contributed by atoms with Crippen molar-refractivity contribution in [3.63, 3.8) is 0 Å². The Labute approximate surface area is 139 Å². The zero-order chi connectivity index (χ0) is 16.6. The zero-order valence-electron chi connectivity index (χ0n) is 12.8. The quantitative estimate of drug-likeness (QED) is 0.886. The van der Waals surface area contributed by atoms with Crippen LogP contribution >= 0.6 is 11.6 Å². The molecular weight excluding hydrogens is 318 g/mol. The largest absolute Gasteiger partial charge is 0.359 e. The highest BCUT2D eigenvalue weighted by molar-refractivity contribution is 6.30. The van der Waals surface area contributed by atoms with Crippen LogP contribution in [0.3, 0.4) is 0 Å². The Morgan fingerprint density at radius 2 is 2.00 bits per heavy atom. The third-order valence-electron chi connectivity index (χ3n) is 4.44. The number of benzene rings is 1. The summed E-state index contributed by atoms with van der Waals surface area (Å²) >= 11 is 5.90. The maximum absolute atomic E-state index is 12.3. The maximum atomic E-state index is 12.3. The van der Waals surface area contributed by atoms with Crippen molar-refractivity contribution in [3.05, 3.63) is 34.9 Å². The summed E-state index contributed by atoms with van der Waals surface area (Å²) in [5.41, 5.74) is 0.548. The second kappa shape index (κ2) is 6.20. The Morgan fingerprint density at radius 1 is 1.26 bits per heavy atom. The lowest BCUT2D eigenvalue weighted by Gasteiger charge is -2.44. The highest BCUT2D eigenvalue weighted by Gasteiger charge is 2.43. The van der Waals surface area contributed by atoms with Gasteiger partial charge in [-0.3, -0.25) is 14.4 Å². The molecule has 0 spiro atoms. The summed E-state index contributed by atoms with van der Waals surface area (Å²) in [5, 5.41) is 3.11. The van der Waals surface area contributed by atoms with Crippen LogP contribution in [0.4, 0.5) is 0 Å². The van der Waals surface area contributed by atoms with E-state index in [0.717, 1.165) is 0 Å². The second-order valence-electron chi connectivity index (χ2n) is 5.94. The second-order valence-corrected chi connectivity index (χ2v) is 6.37. The van der Waals surface area contributed by atoms with Crippen LogP contribution in [0.15, 0.2) is 24.3 Å². The van der Waals surface area contributed by atoms with Gasteiger partial charge in [0.2, 0.25) is 11.8 Å². The zero-order valence-corrected chi connectivity index (χ0v) is 13.5. The number of amides is 3. The van der Waals surface area contributed by atoms with E-state index < -0.39 is 0 Å². The van der Waals surface area contributed by atoms with E-state index in [1.54, 1.807) is 41.1 Å². The van der Waals surface area contributed by atoms with Gasteiger partial charge in [0.25, 0.3) is 5.91 Å². The smallest absolute Gasteiger partial charge is 0.254 e. The number of hydrogen-bond acceptors (Lipinski definition) is 3. The Balaban J connectivity index is 1.58. The summed E-state index contributed by atoms with van der Waals surface area (Å²) in [6.45, 7) is 1.43. The third kappa shape index (κ3) is 3.03. The minimum Gasteiger partial charge on any atom is -0.359 e. The van der Waals surface area contributed by atoms with E-state index >= 15 is 0 Å². The van der Waals surface area contributed by atoms with E-state index in [4.69, 9.17) is 11.6 Å². The number of hydrogen-bond donors (Lipinski definition) is 1. The van der Waals surface area contributed by atoms with Crippen LogP contribution in [0.1, 0.15) is 16.8 Å². The highest BCUT2D eigenvalue weighted by atomic mass is 35.5. The number of carbonyl (C=O) groups excluding carboxylic acids is 3. The van der Waals surface area contributed by atoms with Gasteiger partial charge in [-0.15, -0.1) is 0 Å². The summed E-state index contributed by atoms with van der Waals surface area (Å²) in [5.74, 6) is -0.492. The molecule has 2 aliphatic heterocycles. The van der Waals surface area contributed by atoms with E-state index in [2.05, 4.69) is 5.32 Å². The van der Waals surface area contributed by atoms with Crippen LogP contribution in [-0.4, -0.2) is 60.2 Å². The average Bonchev–Trinajstić information content (AvgIpc) is 2.87. The SMILES string of the molecule is CNC(=O)C1CC(=O)N(C2CN(C(=O)c3cccc(Cl)c3)C2)C1. The third-order valence-corrected chi connectivity index (χ3v) is 4.67. The van der Waals surface area contributed by atoms with E-state index in [1.165, 1.54) is 0 Å². The van der Waals surface area contributed by atoms with Gasteiger partial charge in [-0.1, -0.05) is 17.7 Å². The Morgan fingerprint density at radius 3 is 2.65 bits per heavy atom. The molecule has 0 radical (unpaired) electrons. The molecule has 2 aliphatic rings. The highest BCUT2D eigenvalue weighted by Crippen LogP contribution is 2.26. The molecular formula is C16H18ClN3O3. The minimum absolute atomic E-state index is 0.000269. The molecule has 3 amide bonds. The molecule has 122 valence electrons. The molecule has 7 heteroatoms. The molecule has 6 nitrogen and oxygen atoms in total. The summed E-state index contributed by atoms with van der Waals surface area (Å²) in [6, 6.07) is 6.83. The number of likely N-dealkylation sites (tertiary alicyclic amines) is 2.